The molecule has 0 heterocycles. The lowest BCUT2D eigenvalue weighted by Crippen LogP contribution is -2.51. The first-order valence-corrected chi connectivity index (χ1v) is 10.1. The van der Waals surface area contributed by atoms with Crippen molar-refractivity contribution in [2.24, 2.45) is 17.3 Å². The van der Waals surface area contributed by atoms with Crippen molar-refractivity contribution in [1.29, 1.82) is 0 Å². The molecule has 25 heavy (non-hydrogen) atoms. The first-order valence-electron chi connectivity index (χ1n) is 9.74. The van der Waals surface area contributed by atoms with Crippen LogP contribution >= 0.6 is 11.6 Å². The molecule has 2 nitrogen and oxygen atoms in total. The van der Waals surface area contributed by atoms with Crippen LogP contribution in [0.2, 0.25) is 5.02 Å². The average molecular weight is 361 g/mol. The molecule has 2 fully saturated rings. The summed E-state index contributed by atoms with van der Waals surface area (Å²) in [7, 11) is 0. The lowest BCUT2D eigenvalue weighted by atomic mass is 9.53. The minimum Gasteiger partial charge on any atom is -0.459 e. The van der Waals surface area contributed by atoms with Crippen molar-refractivity contribution >= 4 is 17.6 Å². The molecule has 0 spiro atoms. The number of carbonyl (C=O) groups is 1. The van der Waals surface area contributed by atoms with E-state index < -0.39 is 0 Å². The van der Waals surface area contributed by atoms with Crippen molar-refractivity contribution in [1.82, 2.24) is 0 Å². The smallest absolute Gasteiger partial charge is 0.303 e. The fourth-order valence-electron chi connectivity index (χ4n) is 6.55. The molecule has 0 aromatic heterocycles. The van der Waals surface area contributed by atoms with E-state index in [4.69, 9.17) is 16.3 Å². The Bertz CT molecular complexity index is 727. The average Bonchev–Trinajstić information content (AvgIpc) is 2.81. The molecular formula is C22H29ClO2. The van der Waals surface area contributed by atoms with Crippen LogP contribution in [0.5, 0.6) is 0 Å². The van der Waals surface area contributed by atoms with Crippen LogP contribution in [0.4, 0.5) is 0 Å². The van der Waals surface area contributed by atoms with Gasteiger partial charge in [0.15, 0.2) is 0 Å². The normalized spacial score (nSPS) is 39.3. The molecule has 3 aliphatic rings. The minimum atomic E-state index is -0.314. The van der Waals surface area contributed by atoms with Crippen LogP contribution in [0.1, 0.15) is 75.5 Å². The van der Waals surface area contributed by atoms with Crippen molar-refractivity contribution < 1.29 is 9.53 Å². The van der Waals surface area contributed by atoms with Crippen LogP contribution in [0.3, 0.4) is 0 Å². The Kier molecular flexibility index (Phi) is 3.99. The Morgan fingerprint density at radius 3 is 2.68 bits per heavy atom. The van der Waals surface area contributed by atoms with Crippen molar-refractivity contribution in [3.63, 3.8) is 0 Å². The van der Waals surface area contributed by atoms with Crippen LogP contribution in [0.25, 0.3) is 0 Å². The second-order valence-corrected chi connectivity index (χ2v) is 9.40. The van der Waals surface area contributed by atoms with Gasteiger partial charge in [0.05, 0.1) is 0 Å². The van der Waals surface area contributed by atoms with Gasteiger partial charge in [0, 0.05) is 17.4 Å². The highest BCUT2D eigenvalue weighted by atomic mass is 35.5. The molecule has 4 rings (SSSR count). The Morgan fingerprint density at radius 1 is 1.20 bits per heavy atom. The fraction of sp³-hybridized carbons (Fsp3) is 0.682. The Labute approximate surface area is 156 Å². The predicted octanol–water partition coefficient (Wildman–Crippen LogP) is 5.83. The van der Waals surface area contributed by atoms with Gasteiger partial charge in [-0.25, -0.2) is 0 Å². The lowest BCUT2D eigenvalue weighted by molar-refractivity contribution is -0.173. The second-order valence-electron chi connectivity index (χ2n) is 8.99. The number of hydrogen-bond donors (Lipinski definition) is 0. The third-order valence-electron chi connectivity index (χ3n) is 7.97. The van der Waals surface area contributed by atoms with Crippen molar-refractivity contribution in [2.75, 3.05) is 0 Å². The molecule has 0 radical (unpaired) electrons. The maximum atomic E-state index is 11.7. The van der Waals surface area contributed by atoms with E-state index in [0.29, 0.717) is 17.8 Å². The molecule has 0 bridgehead atoms. The number of hydrogen-bond acceptors (Lipinski definition) is 2. The molecule has 136 valence electrons. The molecule has 1 aromatic rings. The summed E-state index contributed by atoms with van der Waals surface area (Å²) < 4.78 is 5.90. The summed E-state index contributed by atoms with van der Waals surface area (Å²) in [6, 6.07) is 4.26. The molecular weight excluding hydrogens is 332 g/mol. The summed E-state index contributed by atoms with van der Waals surface area (Å²) in [5.74, 6) is 1.73. The monoisotopic (exact) mass is 360 g/mol. The third kappa shape index (κ3) is 2.40. The van der Waals surface area contributed by atoms with Gasteiger partial charge in [-0.05, 0) is 92.9 Å². The highest BCUT2D eigenvalue weighted by Crippen LogP contribution is 2.65. The van der Waals surface area contributed by atoms with E-state index in [0.717, 1.165) is 30.7 Å². The molecule has 1 aromatic carbocycles. The van der Waals surface area contributed by atoms with Gasteiger partial charge >= 0.3 is 5.97 Å². The summed E-state index contributed by atoms with van der Waals surface area (Å²) in [6.07, 6.45) is 6.82. The third-order valence-corrected chi connectivity index (χ3v) is 8.30. The number of rotatable bonds is 1. The van der Waals surface area contributed by atoms with E-state index in [2.05, 4.69) is 32.9 Å². The predicted molar refractivity (Wildman–Crippen MR) is 101 cm³/mol. The second kappa shape index (κ2) is 5.74. The zero-order chi connectivity index (χ0) is 18.0. The summed E-state index contributed by atoms with van der Waals surface area (Å²) in [4.78, 5) is 11.7. The molecule has 0 saturated heterocycles. The fourth-order valence-corrected chi connectivity index (χ4v) is 6.87. The van der Waals surface area contributed by atoms with Crippen LogP contribution in [-0.4, -0.2) is 11.6 Å². The molecule has 2 saturated carbocycles. The first-order chi connectivity index (χ1) is 11.8. The molecule has 3 heteroatoms. The highest BCUT2D eigenvalue weighted by molar-refractivity contribution is 6.31. The van der Waals surface area contributed by atoms with E-state index in [1.165, 1.54) is 29.5 Å². The summed E-state index contributed by atoms with van der Waals surface area (Å²) in [6.45, 7) is 8.31. The van der Waals surface area contributed by atoms with Gasteiger partial charge in [-0.15, -0.1) is 0 Å². The number of halogens is 1. The molecule has 5 unspecified atom stereocenters. The topological polar surface area (TPSA) is 26.3 Å². The van der Waals surface area contributed by atoms with Gasteiger partial charge in [0.25, 0.3) is 0 Å². The zero-order valence-corrected chi connectivity index (χ0v) is 16.6. The molecule has 0 aliphatic heterocycles. The Balaban J connectivity index is 1.71. The minimum absolute atomic E-state index is 0.0909. The first kappa shape index (κ1) is 17.4. The number of esters is 1. The number of aryl methyl sites for hydroxylation is 1. The van der Waals surface area contributed by atoms with Crippen molar-refractivity contribution in [2.45, 2.75) is 77.7 Å². The van der Waals surface area contributed by atoms with E-state index in [1.807, 2.05) is 0 Å². The van der Waals surface area contributed by atoms with Crippen LogP contribution in [0, 0.1) is 24.2 Å². The van der Waals surface area contributed by atoms with Gasteiger partial charge in [-0.1, -0.05) is 24.6 Å². The quantitative estimate of drug-likeness (QED) is 0.589. The van der Waals surface area contributed by atoms with Crippen LogP contribution in [-0.2, 0) is 16.0 Å². The lowest BCUT2D eigenvalue weighted by Gasteiger charge is -2.53. The van der Waals surface area contributed by atoms with Gasteiger partial charge in [0.1, 0.15) is 5.60 Å². The highest BCUT2D eigenvalue weighted by Gasteiger charge is 2.62. The maximum Gasteiger partial charge on any atom is 0.303 e. The van der Waals surface area contributed by atoms with Gasteiger partial charge < -0.3 is 4.74 Å². The van der Waals surface area contributed by atoms with E-state index >= 15 is 0 Å². The standard InChI is InChI=1S/C22H29ClO2/c1-13-5-8-19(23)20-15(13)6-7-16-17(20)9-11-21(3)18(16)10-12-22(21,4)25-14(2)24/h5,8,16-18H,6-7,9-12H2,1-4H3. The summed E-state index contributed by atoms with van der Waals surface area (Å²) >= 11 is 6.67. The molecule has 5 atom stereocenters. The Morgan fingerprint density at radius 2 is 1.96 bits per heavy atom. The van der Waals surface area contributed by atoms with Crippen LogP contribution in [0.15, 0.2) is 12.1 Å². The van der Waals surface area contributed by atoms with Gasteiger partial charge in [0.2, 0.25) is 0 Å². The van der Waals surface area contributed by atoms with E-state index in [1.54, 1.807) is 6.92 Å². The number of benzene rings is 1. The van der Waals surface area contributed by atoms with E-state index in [-0.39, 0.29) is 17.0 Å². The SMILES string of the molecule is CC(=O)OC1(C)CCC2C3CCc4c(C)ccc(Cl)c4C3CCC21C. The van der Waals surface area contributed by atoms with Gasteiger partial charge in [-0.3, -0.25) is 4.79 Å². The summed E-state index contributed by atoms with van der Waals surface area (Å²) in [5.41, 5.74) is 4.10. The molecule has 3 aliphatic carbocycles. The van der Waals surface area contributed by atoms with E-state index in [9.17, 15) is 4.79 Å². The van der Waals surface area contributed by atoms with Crippen molar-refractivity contribution in [3.05, 3.63) is 33.8 Å². The number of fused-ring (bicyclic) bond motifs is 5. The Hall–Kier alpha value is -1.02. The molecule has 0 N–H and O–H groups in total. The number of ether oxygens (including phenoxy) is 1. The number of carbonyl (C=O) groups excluding carboxylic acids is 1. The molecule has 0 amide bonds. The largest absolute Gasteiger partial charge is 0.459 e. The zero-order valence-electron chi connectivity index (χ0n) is 15.8. The van der Waals surface area contributed by atoms with Crippen molar-refractivity contribution in [3.8, 4) is 0 Å². The summed E-state index contributed by atoms with van der Waals surface area (Å²) in [5, 5.41) is 0.958. The van der Waals surface area contributed by atoms with Gasteiger partial charge in [-0.2, -0.15) is 0 Å². The maximum absolute atomic E-state index is 11.7. The van der Waals surface area contributed by atoms with Crippen LogP contribution < -0.4 is 0 Å².